The molecule has 182 valence electrons. The number of hydrogen-bond donors (Lipinski definition) is 3. The highest BCUT2D eigenvalue weighted by molar-refractivity contribution is 7.92. The fourth-order valence-electron chi connectivity index (χ4n) is 4.79. The normalized spacial score (nSPS) is 19.2. The molecule has 7 nitrogen and oxygen atoms in total. The molecule has 0 bridgehead atoms. The fraction of sp³-hybridized carbons (Fsp3) is 0.423. The number of fused-ring (bicyclic) bond motifs is 1. The predicted octanol–water partition coefficient (Wildman–Crippen LogP) is 3.68. The summed E-state index contributed by atoms with van der Waals surface area (Å²) < 4.78 is 34.2. The van der Waals surface area contributed by atoms with Gasteiger partial charge in [0, 0.05) is 5.56 Å². The molecule has 0 radical (unpaired) electrons. The van der Waals surface area contributed by atoms with Crippen LogP contribution in [-0.4, -0.2) is 45.2 Å². The number of rotatable bonds is 8. The van der Waals surface area contributed by atoms with Crippen LogP contribution in [-0.2, 0) is 16.4 Å². The SMILES string of the molecule is CC/C(=C\c1cccc(C(=N)N)c1)C1Cc2cc(OC3CCNCC3)ccc2N1S(=O)(=O)CC. The standard InChI is InChI=1S/C26H34N4O3S/c1-3-19(14-18-6-5-7-20(15-18)26(27)28)25-17-21-16-23(33-22-10-12-29-13-11-22)8-9-24(21)30(25)34(31,32)4-2/h5-9,14-16,22,25,29H,3-4,10-13,17H2,1-2H3,(H3,27,28)/b19-14+. The van der Waals surface area contributed by atoms with E-state index < -0.39 is 10.0 Å². The van der Waals surface area contributed by atoms with Gasteiger partial charge in [-0.15, -0.1) is 0 Å². The van der Waals surface area contributed by atoms with Gasteiger partial charge in [-0.25, -0.2) is 8.42 Å². The van der Waals surface area contributed by atoms with Gasteiger partial charge in [-0.05, 0) is 86.7 Å². The van der Waals surface area contributed by atoms with Crippen molar-refractivity contribution in [1.82, 2.24) is 5.32 Å². The molecule has 2 aromatic carbocycles. The van der Waals surface area contributed by atoms with Crippen LogP contribution >= 0.6 is 0 Å². The van der Waals surface area contributed by atoms with Crippen molar-refractivity contribution in [1.29, 1.82) is 5.41 Å². The highest BCUT2D eigenvalue weighted by Gasteiger charge is 2.38. The largest absolute Gasteiger partial charge is 0.490 e. The monoisotopic (exact) mass is 482 g/mol. The Labute approximate surface area is 202 Å². The molecule has 4 N–H and O–H groups in total. The summed E-state index contributed by atoms with van der Waals surface area (Å²) in [6, 6.07) is 13.0. The summed E-state index contributed by atoms with van der Waals surface area (Å²) >= 11 is 0. The molecule has 2 heterocycles. The van der Waals surface area contributed by atoms with E-state index in [4.69, 9.17) is 15.9 Å². The molecule has 2 aliphatic heterocycles. The van der Waals surface area contributed by atoms with Crippen molar-refractivity contribution < 1.29 is 13.2 Å². The van der Waals surface area contributed by atoms with E-state index in [0.717, 1.165) is 54.1 Å². The van der Waals surface area contributed by atoms with Crippen molar-refractivity contribution in [3.05, 3.63) is 64.7 Å². The number of nitrogens with two attached hydrogens (primary N) is 1. The first kappa shape index (κ1) is 24.3. The Balaban J connectivity index is 1.68. The first-order chi connectivity index (χ1) is 16.3. The van der Waals surface area contributed by atoms with E-state index in [1.165, 1.54) is 0 Å². The lowest BCUT2D eigenvalue weighted by Gasteiger charge is -2.28. The molecule has 2 aromatic rings. The molecule has 1 atom stereocenters. The van der Waals surface area contributed by atoms with Crippen molar-refractivity contribution in [2.45, 2.75) is 51.7 Å². The van der Waals surface area contributed by atoms with Crippen LogP contribution in [0.2, 0.25) is 0 Å². The summed E-state index contributed by atoms with van der Waals surface area (Å²) in [7, 11) is -3.48. The Kier molecular flexibility index (Phi) is 7.28. The molecule has 0 aliphatic carbocycles. The molecular weight excluding hydrogens is 448 g/mol. The maximum Gasteiger partial charge on any atom is 0.235 e. The molecule has 8 heteroatoms. The second-order valence-electron chi connectivity index (χ2n) is 8.89. The maximum atomic E-state index is 13.2. The van der Waals surface area contributed by atoms with Gasteiger partial charge in [0.2, 0.25) is 10.0 Å². The Bertz CT molecular complexity index is 1190. The highest BCUT2D eigenvalue weighted by atomic mass is 32.2. The molecule has 0 saturated carbocycles. The summed E-state index contributed by atoms with van der Waals surface area (Å²) in [5.41, 5.74) is 9.97. The number of ether oxygens (including phenoxy) is 1. The van der Waals surface area contributed by atoms with Crippen LogP contribution < -0.4 is 20.1 Å². The zero-order valence-corrected chi connectivity index (χ0v) is 20.7. The Morgan fingerprint density at radius 2 is 1.97 bits per heavy atom. The van der Waals surface area contributed by atoms with Crippen LogP contribution in [0.15, 0.2) is 48.0 Å². The third-order valence-corrected chi connectivity index (χ3v) is 8.40. The average Bonchev–Trinajstić information content (AvgIpc) is 3.23. The zero-order valence-electron chi connectivity index (χ0n) is 19.9. The van der Waals surface area contributed by atoms with Crippen LogP contribution in [0, 0.1) is 5.41 Å². The predicted molar refractivity (Wildman–Crippen MR) is 138 cm³/mol. The number of sulfonamides is 1. The molecule has 0 aromatic heterocycles. The molecule has 0 amide bonds. The van der Waals surface area contributed by atoms with Crippen LogP contribution in [0.1, 0.15) is 49.8 Å². The van der Waals surface area contributed by atoms with Crippen molar-refractivity contribution in [2.75, 3.05) is 23.1 Å². The van der Waals surface area contributed by atoms with Crippen molar-refractivity contribution >= 4 is 27.6 Å². The minimum absolute atomic E-state index is 0.0121. The van der Waals surface area contributed by atoms with Crippen LogP contribution in [0.25, 0.3) is 6.08 Å². The fourth-order valence-corrected chi connectivity index (χ4v) is 6.14. The summed E-state index contributed by atoms with van der Waals surface area (Å²) in [5.74, 6) is 0.849. The Morgan fingerprint density at radius 3 is 2.65 bits per heavy atom. The third kappa shape index (κ3) is 5.13. The van der Waals surface area contributed by atoms with Crippen molar-refractivity contribution in [3.8, 4) is 5.75 Å². The second-order valence-corrected chi connectivity index (χ2v) is 11.0. The lowest BCUT2D eigenvalue weighted by molar-refractivity contribution is 0.162. The number of anilines is 1. The summed E-state index contributed by atoms with van der Waals surface area (Å²) in [6.45, 7) is 5.64. The Hall–Kier alpha value is -2.84. The number of benzene rings is 2. The van der Waals surface area contributed by atoms with Crippen molar-refractivity contribution in [2.24, 2.45) is 5.73 Å². The van der Waals surface area contributed by atoms with E-state index >= 15 is 0 Å². The first-order valence-electron chi connectivity index (χ1n) is 12.0. The van der Waals surface area contributed by atoms with E-state index in [9.17, 15) is 8.42 Å². The van der Waals surface area contributed by atoms with E-state index in [-0.39, 0.29) is 23.7 Å². The second kappa shape index (κ2) is 10.2. The lowest BCUT2D eigenvalue weighted by Crippen LogP contribution is -2.39. The van der Waals surface area contributed by atoms with Crippen molar-refractivity contribution in [3.63, 3.8) is 0 Å². The number of nitrogens with zero attached hydrogens (tertiary/aromatic N) is 1. The van der Waals surface area contributed by atoms with Crippen LogP contribution in [0.5, 0.6) is 5.75 Å². The molecule has 2 aliphatic rings. The number of piperidine rings is 1. The van der Waals surface area contributed by atoms with E-state index in [2.05, 4.69) is 5.32 Å². The van der Waals surface area contributed by atoms with Gasteiger partial charge in [-0.3, -0.25) is 9.71 Å². The Morgan fingerprint density at radius 1 is 1.21 bits per heavy atom. The molecule has 34 heavy (non-hydrogen) atoms. The topological polar surface area (TPSA) is 109 Å². The molecule has 0 spiro atoms. The number of hydrogen-bond acceptors (Lipinski definition) is 5. The lowest BCUT2D eigenvalue weighted by atomic mass is 9.97. The number of nitrogen functional groups attached to an aromatic ring is 1. The summed E-state index contributed by atoms with van der Waals surface area (Å²) in [5, 5.41) is 11.1. The maximum absolute atomic E-state index is 13.2. The first-order valence-corrected chi connectivity index (χ1v) is 13.6. The van der Waals surface area contributed by atoms with E-state index in [0.29, 0.717) is 18.4 Å². The van der Waals surface area contributed by atoms with Gasteiger partial charge in [0.15, 0.2) is 0 Å². The minimum atomic E-state index is -3.48. The van der Waals surface area contributed by atoms with E-state index in [1.54, 1.807) is 17.3 Å². The highest BCUT2D eigenvalue weighted by Crippen LogP contribution is 2.40. The van der Waals surface area contributed by atoms with Gasteiger partial charge >= 0.3 is 0 Å². The molecule has 4 rings (SSSR count). The summed E-state index contributed by atoms with van der Waals surface area (Å²) in [4.78, 5) is 0. The van der Waals surface area contributed by atoms with Crippen LogP contribution in [0.4, 0.5) is 5.69 Å². The van der Waals surface area contributed by atoms with Gasteiger partial charge in [-0.2, -0.15) is 0 Å². The van der Waals surface area contributed by atoms with Gasteiger partial charge in [0.05, 0.1) is 17.5 Å². The van der Waals surface area contributed by atoms with E-state index in [1.807, 2.05) is 49.4 Å². The van der Waals surface area contributed by atoms with Gasteiger partial charge in [0.25, 0.3) is 0 Å². The number of nitrogens with one attached hydrogen (secondary N) is 2. The zero-order chi connectivity index (χ0) is 24.3. The quantitative estimate of drug-likeness (QED) is 0.393. The average molecular weight is 483 g/mol. The van der Waals surface area contributed by atoms with Crippen LogP contribution in [0.3, 0.4) is 0 Å². The van der Waals surface area contributed by atoms with Gasteiger partial charge in [-0.1, -0.05) is 31.2 Å². The van der Waals surface area contributed by atoms with Gasteiger partial charge < -0.3 is 15.8 Å². The smallest absolute Gasteiger partial charge is 0.235 e. The third-order valence-electron chi connectivity index (χ3n) is 6.62. The molecule has 1 unspecified atom stereocenters. The summed E-state index contributed by atoms with van der Waals surface area (Å²) in [6.07, 6.45) is 5.47. The molecular formula is C26H34N4O3S. The number of amidine groups is 1. The molecule has 1 saturated heterocycles. The minimum Gasteiger partial charge on any atom is -0.490 e. The van der Waals surface area contributed by atoms with Gasteiger partial charge in [0.1, 0.15) is 17.7 Å². The molecule has 1 fully saturated rings.